The van der Waals surface area contributed by atoms with Crippen molar-refractivity contribution in [1.29, 1.82) is 0 Å². The van der Waals surface area contributed by atoms with E-state index in [9.17, 15) is 44.4 Å². The zero-order valence-electron chi connectivity index (χ0n) is 20.0. The summed E-state index contributed by atoms with van der Waals surface area (Å²) in [5.41, 5.74) is -3.14. The molecule has 0 saturated carbocycles. The van der Waals surface area contributed by atoms with Crippen molar-refractivity contribution in [3.63, 3.8) is 0 Å². The van der Waals surface area contributed by atoms with Gasteiger partial charge in [0.15, 0.2) is 28.9 Å². The number of rotatable bonds is 5. The first kappa shape index (κ1) is 25.2. The zero-order chi connectivity index (χ0) is 27.5. The molecular weight excluding hydrogens is 488 g/mol. The number of ether oxygens (including phenoxy) is 2. The van der Waals surface area contributed by atoms with Crippen molar-refractivity contribution in [2.24, 2.45) is 0 Å². The Balaban J connectivity index is 1.96. The minimum Gasteiger partial charge on any atom is -0.507 e. The van der Waals surface area contributed by atoms with Crippen molar-refractivity contribution in [3.05, 3.63) is 68.7 Å². The smallest absolute Gasteiger partial charge is 0.228 e. The molecule has 0 bridgehead atoms. The summed E-state index contributed by atoms with van der Waals surface area (Å²) in [6, 6.07) is 1.96. The number of phenols is 3. The number of fused-ring (bicyclic) bond motifs is 2. The number of aromatic hydroxyl groups is 3. The van der Waals surface area contributed by atoms with E-state index in [4.69, 9.17) is 9.47 Å². The molecule has 0 spiro atoms. The van der Waals surface area contributed by atoms with Crippen molar-refractivity contribution in [2.45, 2.75) is 19.8 Å². The van der Waals surface area contributed by atoms with E-state index in [1.807, 2.05) is 0 Å². The number of benzene rings is 2. The topological polar surface area (TPSA) is 185 Å². The number of allylic oxidation sites excluding steroid dienone is 4. The molecule has 2 aromatic rings. The van der Waals surface area contributed by atoms with E-state index in [1.165, 1.54) is 21.1 Å². The number of aliphatic hydroxyl groups is 1. The lowest BCUT2D eigenvalue weighted by Crippen LogP contribution is -2.26. The molecule has 2 aliphatic rings. The maximum absolute atomic E-state index is 13.5. The molecule has 0 heterocycles. The Hall–Kier alpha value is -4.93. The fourth-order valence-corrected chi connectivity index (χ4v) is 4.67. The Morgan fingerprint density at radius 3 is 2.03 bits per heavy atom. The van der Waals surface area contributed by atoms with E-state index in [0.29, 0.717) is 0 Å². The van der Waals surface area contributed by atoms with Gasteiger partial charge in [0, 0.05) is 28.7 Å². The van der Waals surface area contributed by atoms with Crippen LogP contribution in [-0.4, -0.2) is 63.6 Å². The van der Waals surface area contributed by atoms with Gasteiger partial charge in [0.2, 0.25) is 11.6 Å². The quantitative estimate of drug-likeness (QED) is 0.435. The van der Waals surface area contributed by atoms with Gasteiger partial charge in [0.25, 0.3) is 0 Å². The molecule has 2 aliphatic carbocycles. The van der Waals surface area contributed by atoms with Gasteiger partial charge < -0.3 is 29.9 Å². The lowest BCUT2D eigenvalue weighted by atomic mass is 9.77. The highest BCUT2D eigenvalue weighted by Crippen LogP contribution is 2.47. The van der Waals surface area contributed by atoms with Gasteiger partial charge in [0.1, 0.15) is 28.6 Å². The van der Waals surface area contributed by atoms with Crippen LogP contribution in [0.15, 0.2) is 35.3 Å². The summed E-state index contributed by atoms with van der Waals surface area (Å²) < 4.78 is 10.2. The number of Topliss-reactive ketones (excluding diaryl/α,β-unsaturated/α-hetero) is 4. The van der Waals surface area contributed by atoms with Crippen LogP contribution in [0.25, 0.3) is 0 Å². The number of aliphatic hydroxyl groups excluding tert-OH is 1. The zero-order valence-corrected chi connectivity index (χ0v) is 20.0. The SMILES string of the molecule is COC1=CC(=O)c2c(cc(OC)c(C(C)C3=C(O)C(=O)c4cc(O)c(C(C)=O)c(O)c4C3=O)c2O)C1=O. The van der Waals surface area contributed by atoms with Gasteiger partial charge >= 0.3 is 0 Å². The van der Waals surface area contributed by atoms with Crippen LogP contribution in [0.2, 0.25) is 0 Å². The first-order chi connectivity index (χ1) is 17.4. The van der Waals surface area contributed by atoms with E-state index >= 15 is 0 Å². The van der Waals surface area contributed by atoms with Gasteiger partial charge in [-0.2, -0.15) is 0 Å². The minimum absolute atomic E-state index is 0.145. The number of carbonyl (C=O) groups is 5. The molecule has 0 radical (unpaired) electrons. The lowest BCUT2D eigenvalue weighted by molar-refractivity contribution is 0.0913. The summed E-state index contributed by atoms with van der Waals surface area (Å²) in [6.45, 7) is 2.35. The summed E-state index contributed by atoms with van der Waals surface area (Å²) in [5, 5.41) is 42.5. The standard InChI is InChI=1S/C26H20O11/c1-8(16-14(36-3)6-11-19(23(16)32)13(29)7-15(37-4)21(11)30)17-24(33)20-10(22(31)26(17)35)5-12(28)18(9(2)27)25(20)34/h5-8,28,32,34-35H,1-4H3. The van der Waals surface area contributed by atoms with Crippen molar-refractivity contribution in [3.8, 4) is 23.0 Å². The van der Waals surface area contributed by atoms with Crippen molar-refractivity contribution in [1.82, 2.24) is 0 Å². The van der Waals surface area contributed by atoms with Crippen LogP contribution in [0, 0.1) is 0 Å². The molecule has 2 aromatic carbocycles. The fraction of sp³-hybridized carbons (Fsp3) is 0.192. The summed E-state index contributed by atoms with van der Waals surface area (Å²) in [4.78, 5) is 63.8. The summed E-state index contributed by atoms with van der Waals surface area (Å²) in [5.74, 6) is -9.65. The monoisotopic (exact) mass is 508 g/mol. The molecule has 11 nitrogen and oxygen atoms in total. The third kappa shape index (κ3) is 3.46. The summed E-state index contributed by atoms with van der Waals surface area (Å²) in [6.07, 6.45) is 0.890. The van der Waals surface area contributed by atoms with Gasteiger partial charge in [-0.05, 0) is 19.1 Å². The van der Waals surface area contributed by atoms with E-state index in [0.717, 1.165) is 25.1 Å². The first-order valence-corrected chi connectivity index (χ1v) is 10.8. The molecular formula is C26H20O11. The molecule has 0 saturated heterocycles. The average molecular weight is 508 g/mol. The third-order valence-electron chi connectivity index (χ3n) is 6.40. The highest BCUT2D eigenvalue weighted by atomic mass is 16.5. The van der Waals surface area contributed by atoms with E-state index in [-0.39, 0.29) is 22.6 Å². The summed E-state index contributed by atoms with van der Waals surface area (Å²) in [7, 11) is 2.39. The molecule has 0 amide bonds. The number of methoxy groups -OCH3 is 2. The van der Waals surface area contributed by atoms with Crippen LogP contribution in [0.5, 0.6) is 23.0 Å². The predicted octanol–water partition coefficient (Wildman–Crippen LogP) is 2.92. The average Bonchev–Trinajstić information content (AvgIpc) is 2.83. The predicted molar refractivity (Wildman–Crippen MR) is 125 cm³/mol. The van der Waals surface area contributed by atoms with Crippen LogP contribution in [0.1, 0.15) is 77.1 Å². The van der Waals surface area contributed by atoms with E-state index in [2.05, 4.69) is 0 Å². The van der Waals surface area contributed by atoms with Crippen molar-refractivity contribution < 1.29 is 53.9 Å². The Morgan fingerprint density at radius 1 is 0.838 bits per heavy atom. The molecule has 1 atom stereocenters. The van der Waals surface area contributed by atoms with Crippen LogP contribution in [0.4, 0.5) is 0 Å². The van der Waals surface area contributed by atoms with Gasteiger partial charge in [-0.25, -0.2) is 0 Å². The Bertz CT molecular complexity index is 1540. The number of carbonyl (C=O) groups excluding carboxylic acids is 5. The third-order valence-corrected chi connectivity index (χ3v) is 6.40. The minimum atomic E-state index is -1.32. The second-order valence-electron chi connectivity index (χ2n) is 8.41. The van der Waals surface area contributed by atoms with Crippen LogP contribution in [-0.2, 0) is 4.74 Å². The lowest BCUT2D eigenvalue weighted by Gasteiger charge is -2.27. The normalized spacial score (nSPS) is 15.7. The second kappa shape index (κ2) is 8.63. The Kier molecular flexibility index (Phi) is 5.87. The number of hydrogen-bond donors (Lipinski definition) is 4. The van der Waals surface area contributed by atoms with Crippen LogP contribution in [0.3, 0.4) is 0 Å². The summed E-state index contributed by atoms with van der Waals surface area (Å²) >= 11 is 0. The highest BCUT2D eigenvalue weighted by molar-refractivity contribution is 6.29. The van der Waals surface area contributed by atoms with Crippen molar-refractivity contribution >= 4 is 28.9 Å². The maximum Gasteiger partial charge on any atom is 0.228 e. The Morgan fingerprint density at radius 2 is 1.46 bits per heavy atom. The fourth-order valence-electron chi connectivity index (χ4n) is 4.67. The van der Waals surface area contributed by atoms with Gasteiger partial charge in [-0.3, -0.25) is 24.0 Å². The second-order valence-corrected chi connectivity index (χ2v) is 8.41. The molecule has 37 heavy (non-hydrogen) atoms. The maximum atomic E-state index is 13.5. The van der Waals surface area contributed by atoms with Gasteiger partial charge in [-0.1, -0.05) is 6.92 Å². The van der Waals surface area contributed by atoms with Gasteiger partial charge in [-0.15, -0.1) is 0 Å². The highest BCUT2D eigenvalue weighted by Gasteiger charge is 2.42. The molecule has 0 aromatic heterocycles. The van der Waals surface area contributed by atoms with Crippen LogP contribution >= 0.6 is 0 Å². The van der Waals surface area contributed by atoms with Crippen molar-refractivity contribution in [2.75, 3.05) is 14.2 Å². The Labute approximate surface area is 208 Å². The number of hydrogen-bond acceptors (Lipinski definition) is 11. The molecule has 11 heteroatoms. The molecule has 0 aliphatic heterocycles. The van der Waals surface area contributed by atoms with Gasteiger partial charge in [0.05, 0.1) is 30.9 Å². The molecule has 1 unspecified atom stereocenters. The van der Waals surface area contributed by atoms with E-state index in [1.54, 1.807) is 0 Å². The molecule has 190 valence electrons. The molecule has 0 fully saturated rings. The number of phenolic OH excluding ortho intramolecular Hbond substituents is 3. The number of ketones is 5. The van der Waals surface area contributed by atoms with Crippen LogP contribution < -0.4 is 4.74 Å². The first-order valence-electron chi connectivity index (χ1n) is 10.8. The molecule has 4 N–H and O–H groups in total. The van der Waals surface area contributed by atoms with E-state index < -0.39 is 85.7 Å². The largest absolute Gasteiger partial charge is 0.507 e. The molecule has 4 rings (SSSR count).